The van der Waals surface area contributed by atoms with Gasteiger partial charge >= 0.3 is 5.97 Å². The van der Waals surface area contributed by atoms with Crippen molar-refractivity contribution < 1.29 is 19.1 Å². The minimum Gasteiger partial charge on any atom is -0.481 e. The summed E-state index contributed by atoms with van der Waals surface area (Å²) in [4.78, 5) is 21.3. The largest absolute Gasteiger partial charge is 0.481 e. The number of amides is 1. The van der Waals surface area contributed by atoms with Crippen molar-refractivity contribution >= 4 is 17.6 Å². The number of hydrogen-bond donors (Lipinski definition) is 2. The van der Waals surface area contributed by atoms with E-state index in [1.807, 2.05) is 0 Å². The van der Waals surface area contributed by atoms with E-state index < -0.39 is 11.8 Å². The third-order valence-corrected chi connectivity index (χ3v) is 1.72. The Balaban J connectivity index is 3.02. The van der Waals surface area contributed by atoms with Gasteiger partial charge in [-0.3, -0.25) is 9.59 Å². The minimum absolute atomic E-state index is 0.199. The summed E-state index contributed by atoms with van der Waals surface area (Å²) in [6, 6.07) is 3.60. The van der Waals surface area contributed by atoms with Gasteiger partial charge in [0.1, 0.15) is 5.82 Å². The normalized spacial score (nSPS) is 9.73. The van der Waals surface area contributed by atoms with Crippen LogP contribution < -0.4 is 5.32 Å². The summed E-state index contributed by atoms with van der Waals surface area (Å²) in [6.45, 7) is 1.27. The van der Waals surface area contributed by atoms with Crippen LogP contribution >= 0.6 is 0 Å². The lowest BCUT2D eigenvalue weighted by molar-refractivity contribution is -0.136. The zero-order valence-electron chi connectivity index (χ0n) is 8.08. The molecular formula is C10H10FNO3. The van der Waals surface area contributed by atoms with Crippen molar-refractivity contribution in [1.29, 1.82) is 0 Å². The molecular weight excluding hydrogens is 201 g/mol. The van der Waals surface area contributed by atoms with Gasteiger partial charge in [-0.05, 0) is 17.7 Å². The molecule has 0 aliphatic rings. The number of carbonyl (C=O) groups is 2. The number of carboxylic acids is 1. The SMILES string of the molecule is CC(=O)Nc1cc(F)ccc1CC(=O)O. The molecule has 2 N–H and O–H groups in total. The molecule has 1 aromatic rings. The first-order valence-electron chi connectivity index (χ1n) is 4.27. The lowest BCUT2D eigenvalue weighted by Crippen LogP contribution is -2.10. The second-order valence-corrected chi connectivity index (χ2v) is 3.05. The van der Waals surface area contributed by atoms with E-state index in [1.165, 1.54) is 13.0 Å². The molecule has 0 saturated carbocycles. The van der Waals surface area contributed by atoms with Crippen molar-refractivity contribution in [2.75, 3.05) is 5.32 Å². The molecule has 0 atom stereocenters. The summed E-state index contributed by atoms with van der Waals surface area (Å²) in [5, 5.41) is 11.0. The Kier molecular flexibility index (Phi) is 3.38. The lowest BCUT2D eigenvalue weighted by Gasteiger charge is -2.07. The van der Waals surface area contributed by atoms with E-state index in [4.69, 9.17) is 5.11 Å². The van der Waals surface area contributed by atoms with E-state index in [0.29, 0.717) is 5.56 Å². The Labute approximate surface area is 85.7 Å². The highest BCUT2D eigenvalue weighted by Gasteiger charge is 2.08. The van der Waals surface area contributed by atoms with Crippen LogP contribution in [0.3, 0.4) is 0 Å². The Morgan fingerprint density at radius 2 is 2.13 bits per heavy atom. The Morgan fingerprint density at radius 1 is 1.47 bits per heavy atom. The van der Waals surface area contributed by atoms with Crippen LogP contribution in [-0.4, -0.2) is 17.0 Å². The molecule has 1 aromatic carbocycles. The molecule has 0 saturated heterocycles. The van der Waals surface area contributed by atoms with Crippen LogP contribution in [0.25, 0.3) is 0 Å². The fourth-order valence-electron chi connectivity index (χ4n) is 1.17. The van der Waals surface area contributed by atoms with Gasteiger partial charge < -0.3 is 10.4 Å². The van der Waals surface area contributed by atoms with Gasteiger partial charge in [-0.1, -0.05) is 6.07 Å². The highest BCUT2D eigenvalue weighted by Crippen LogP contribution is 2.17. The number of rotatable bonds is 3. The van der Waals surface area contributed by atoms with Crippen LogP contribution in [0.1, 0.15) is 12.5 Å². The number of hydrogen-bond acceptors (Lipinski definition) is 2. The number of carboxylic acid groups (broad SMARTS) is 1. The third-order valence-electron chi connectivity index (χ3n) is 1.72. The van der Waals surface area contributed by atoms with E-state index >= 15 is 0 Å². The predicted molar refractivity (Wildman–Crippen MR) is 52.0 cm³/mol. The van der Waals surface area contributed by atoms with Crippen molar-refractivity contribution in [2.45, 2.75) is 13.3 Å². The number of benzene rings is 1. The third kappa shape index (κ3) is 3.38. The average Bonchev–Trinajstić information content (AvgIpc) is 2.08. The van der Waals surface area contributed by atoms with Gasteiger partial charge in [0.15, 0.2) is 0 Å². The van der Waals surface area contributed by atoms with Crippen LogP contribution in [0.4, 0.5) is 10.1 Å². The highest BCUT2D eigenvalue weighted by molar-refractivity contribution is 5.90. The van der Waals surface area contributed by atoms with Gasteiger partial charge in [0.2, 0.25) is 5.91 Å². The average molecular weight is 211 g/mol. The first kappa shape index (κ1) is 11.2. The summed E-state index contributed by atoms with van der Waals surface area (Å²) >= 11 is 0. The first-order valence-corrected chi connectivity index (χ1v) is 4.27. The maximum Gasteiger partial charge on any atom is 0.307 e. The van der Waals surface area contributed by atoms with Crippen molar-refractivity contribution in [3.63, 3.8) is 0 Å². The molecule has 0 spiro atoms. The maximum absolute atomic E-state index is 12.8. The van der Waals surface area contributed by atoms with Crippen LogP contribution in [-0.2, 0) is 16.0 Å². The Hall–Kier alpha value is -1.91. The summed E-state index contributed by atoms with van der Waals surface area (Å²) in [7, 11) is 0. The number of carbonyl (C=O) groups excluding carboxylic acids is 1. The van der Waals surface area contributed by atoms with Gasteiger partial charge in [-0.2, -0.15) is 0 Å². The van der Waals surface area contributed by atoms with Gasteiger partial charge in [-0.15, -0.1) is 0 Å². The predicted octanol–water partition coefficient (Wildman–Crippen LogP) is 1.41. The smallest absolute Gasteiger partial charge is 0.307 e. The number of anilines is 1. The molecule has 4 nitrogen and oxygen atoms in total. The quantitative estimate of drug-likeness (QED) is 0.794. The van der Waals surface area contributed by atoms with Gasteiger partial charge in [-0.25, -0.2) is 4.39 Å². The van der Waals surface area contributed by atoms with E-state index in [2.05, 4.69) is 5.32 Å². The molecule has 1 rings (SSSR count). The van der Waals surface area contributed by atoms with Crippen molar-refractivity contribution in [2.24, 2.45) is 0 Å². The van der Waals surface area contributed by atoms with Crippen molar-refractivity contribution in [3.8, 4) is 0 Å². The van der Waals surface area contributed by atoms with Crippen LogP contribution in [0, 0.1) is 5.82 Å². The van der Waals surface area contributed by atoms with Gasteiger partial charge in [0, 0.05) is 12.6 Å². The molecule has 15 heavy (non-hydrogen) atoms. The second-order valence-electron chi connectivity index (χ2n) is 3.05. The topological polar surface area (TPSA) is 66.4 Å². The lowest BCUT2D eigenvalue weighted by atomic mass is 10.1. The standard InChI is InChI=1S/C10H10FNO3/c1-6(13)12-9-5-8(11)3-2-7(9)4-10(14)15/h2-3,5H,4H2,1H3,(H,12,13)(H,14,15). The fraction of sp³-hybridized carbons (Fsp3) is 0.200. The number of aliphatic carboxylic acids is 1. The summed E-state index contributed by atoms with van der Waals surface area (Å²) in [6.07, 6.45) is -0.254. The minimum atomic E-state index is -1.03. The Bertz CT molecular complexity index is 404. The van der Waals surface area contributed by atoms with Crippen molar-refractivity contribution in [1.82, 2.24) is 0 Å². The number of nitrogens with one attached hydrogen (secondary N) is 1. The van der Waals surface area contributed by atoms with Gasteiger partial charge in [0.05, 0.1) is 6.42 Å². The fourth-order valence-corrected chi connectivity index (χ4v) is 1.17. The summed E-state index contributed by atoms with van der Waals surface area (Å²) in [5.74, 6) is -1.92. The molecule has 0 fully saturated rings. The monoisotopic (exact) mass is 211 g/mol. The molecule has 0 bridgehead atoms. The molecule has 0 unspecified atom stereocenters. The van der Waals surface area contributed by atoms with Crippen molar-refractivity contribution in [3.05, 3.63) is 29.6 Å². The number of halogens is 1. The van der Waals surface area contributed by atoms with Crippen LogP contribution in [0.15, 0.2) is 18.2 Å². The zero-order valence-corrected chi connectivity index (χ0v) is 8.08. The van der Waals surface area contributed by atoms with Crippen LogP contribution in [0.2, 0.25) is 0 Å². The van der Waals surface area contributed by atoms with Gasteiger partial charge in [0.25, 0.3) is 0 Å². The van der Waals surface area contributed by atoms with E-state index in [0.717, 1.165) is 12.1 Å². The van der Waals surface area contributed by atoms with E-state index in [9.17, 15) is 14.0 Å². The van der Waals surface area contributed by atoms with E-state index in [-0.39, 0.29) is 18.0 Å². The second kappa shape index (κ2) is 4.54. The first-order chi connectivity index (χ1) is 6.99. The van der Waals surface area contributed by atoms with Crippen LogP contribution in [0.5, 0.6) is 0 Å². The summed E-state index contributed by atoms with van der Waals surface area (Å²) in [5.41, 5.74) is 0.573. The maximum atomic E-state index is 12.8. The van der Waals surface area contributed by atoms with E-state index in [1.54, 1.807) is 0 Å². The molecule has 0 aromatic heterocycles. The molecule has 0 radical (unpaired) electrons. The molecule has 5 heteroatoms. The summed E-state index contributed by atoms with van der Waals surface area (Å²) < 4.78 is 12.8. The molecule has 1 amide bonds. The molecule has 0 aliphatic heterocycles. The molecule has 0 heterocycles. The molecule has 0 aliphatic carbocycles. The highest BCUT2D eigenvalue weighted by atomic mass is 19.1. The Morgan fingerprint density at radius 3 is 2.67 bits per heavy atom. The zero-order chi connectivity index (χ0) is 11.4. The molecule has 80 valence electrons.